The highest BCUT2D eigenvalue weighted by Gasteiger charge is 2.41. The zero-order chi connectivity index (χ0) is 27.3. The molecular formula is C32H39NO5. The minimum atomic E-state index is -1.26. The van der Waals surface area contributed by atoms with Gasteiger partial charge >= 0.3 is 5.97 Å². The number of nitrogens with zero attached hydrogens (tertiary/aromatic N) is 1. The summed E-state index contributed by atoms with van der Waals surface area (Å²) in [4.78, 5) is 14.0. The molecule has 3 aromatic carbocycles. The number of likely N-dealkylation sites (tertiary alicyclic amines) is 1. The number of carboxylic acids is 1. The Labute approximate surface area is 225 Å². The van der Waals surface area contributed by atoms with Crippen LogP contribution >= 0.6 is 0 Å². The SMILES string of the molecule is CC(C)(C(=O)O)c1cc(C(O)CCCN2CCC(C(O)(c3ccccc3)c3ccccc3)CC2)ccc1O. The molecule has 1 unspecified atom stereocenters. The number of aliphatic hydroxyl groups is 2. The number of aliphatic hydroxyl groups excluding tert-OH is 1. The van der Waals surface area contributed by atoms with Crippen LogP contribution < -0.4 is 0 Å². The third-order valence-electron chi connectivity index (χ3n) is 8.17. The van der Waals surface area contributed by atoms with E-state index in [1.54, 1.807) is 26.0 Å². The molecule has 1 aliphatic heterocycles. The van der Waals surface area contributed by atoms with Crippen molar-refractivity contribution in [3.05, 3.63) is 101 Å². The summed E-state index contributed by atoms with van der Waals surface area (Å²) in [5.74, 6) is -1.02. The second kappa shape index (κ2) is 11.7. The second-order valence-electron chi connectivity index (χ2n) is 11.0. The van der Waals surface area contributed by atoms with Crippen LogP contribution in [-0.2, 0) is 15.8 Å². The molecule has 0 saturated carbocycles. The maximum Gasteiger partial charge on any atom is 0.313 e. The summed E-state index contributed by atoms with van der Waals surface area (Å²) in [7, 11) is 0. The van der Waals surface area contributed by atoms with Crippen molar-refractivity contribution < 1.29 is 25.2 Å². The van der Waals surface area contributed by atoms with Crippen LogP contribution in [0.5, 0.6) is 5.75 Å². The van der Waals surface area contributed by atoms with E-state index in [9.17, 15) is 25.2 Å². The third-order valence-corrected chi connectivity index (χ3v) is 8.17. The second-order valence-corrected chi connectivity index (χ2v) is 11.0. The van der Waals surface area contributed by atoms with E-state index in [2.05, 4.69) is 4.90 Å². The van der Waals surface area contributed by atoms with Crippen LogP contribution in [0.25, 0.3) is 0 Å². The summed E-state index contributed by atoms with van der Waals surface area (Å²) in [6, 6.07) is 24.6. The molecule has 38 heavy (non-hydrogen) atoms. The molecule has 6 heteroatoms. The van der Waals surface area contributed by atoms with Gasteiger partial charge in [0.1, 0.15) is 11.4 Å². The average Bonchev–Trinajstić information content (AvgIpc) is 2.94. The highest BCUT2D eigenvalue weighted by molar-refractivity contribution is 5.81. The summed E-state index contributed by atoms with van der Waals surface area (Å²) < 4.78 is 0. The van der Waals surface area contributed by atoms with Gasteiger partial charge in [-0.05, 0) is 93.9 Å². The molecule has 1 saturated heterocycles. The van der Waals surface area contributed by atoms with E-state index in [0.717, 1.165) is 50.0 Å². The van der Waals surface area contributed by atoms with Gasteiger partial charge in [0, 0.05) is 5.56 Å². The number of phenolic OH excluding ortho intramolecular Hbond substituents is 1. The lowest BCUT2D eigenvalue weighted by Gasteiger charge is -2.42. The maximum absolute atomic E-state index is 12.1. The molecule has 1 atom stereocenters. The summed E-state index contributed by atoms with van der Waals surface area (Å²) in [6.07, 6.45) is 2.32. The molecule has 1 aliphatic rings. The van der Waals surface area contributed by atoms with Gasteiger partial charge in [0.15, 0.2) is 0 Å². The highest BCUT2D eigenvalue weighted by atomic mass is 16.4. The molecule has 4 rings (SSSR count). The number of phenols is 1. The Bertz CT molecular complexity index is 1160. The van der Waals surface area contributed by atoms with Crippen molar-refractivity contribution in [1.82, 2.24) is 4.90 Å². The van der Waals surface area contributed by atoms with E-state index >= 15 is 0 Å². The number of carboxylic acid groups (broad SMARTS) is 1. The van der Waals surface area contributed by atoms with Gasteiger partial charge in [0.2, 0.25) is 0 Å². The van der Waals surface area contributed by atoms with Gasteiger partial charge in [0.25, 0.3) is 0 Å². The Kier molecular flexibility index (Phi) is 8.56. The first kappa shape index (κ1) is 27.8. The van der Waals surface area contributed by atoms with Gasteiger partial charge in [-0.15, -0.1) is 0 Å². The van der Waals surface area contributed by atoms with Gasteiger partial charge in [-0.1, -0.05) is 66.7 Å². The molecule has 1 heterocycles. The number of carbonyl (C=O) groups is 1. The number of rotatable bonds is 10. The quantitative estimate of drug-likeness (QED) is 0.294. The van der Waals surface area contributed by atoms with Crippen LogP contribution in [0.15, 0.2) is 78.9 Å². The standard InChI is InChI=1S/C32H39NO5/c1-31(2,30(36)37)27-22-23(15-16-29(27)35)28(34)14-9-19-33-20-17-26(18-21-33)32(38,24-10-5-3-6-11-24)25-12-7-4-8-13-25/h3-8,10-13,15-16,22,26,28,34-35,38H,9,14,17-21H2,1-2H3,(H,36,37). The zero-order valence-electron chi connectivity index (χ0n) is 22.3. The fourth-order valence-electron chi connectivity index (χ4n) is 5.65. The number of aromatic hydroxyl groups is 1. The maximum atomic E-state index is 12.1. The van der Waals surface area contributed by atoms with Crippen molar-refractivity contribution in [3.63, 3.8) is 0 Å². The fraction of sp³-hybridized carbons (Fsp3) is 0.406. The summed E-state index contributed by atoms with van der Waals surface area (Å²) >= 11 is 0. The largest absolute Gasteiger partial charge is 0.508 e. The van der Waals surface area contributed by atoms with Gasteiger partial charge in [-0.2, -0.15) is 0 Å². The minimum absolute atomic E-state index is 0.0813. The van der Waals surface area contributed by atoms with Crippen molar-refractivity contribution in [2.45, 2.75) is 56.7 Å². The zero-order valence-corrected chi connectivity index (χ0v) is 22.3. The smallest absolute Gasteiger partial charge is 0.313 e. The van der Waals surface area contributed by atoms with Crippen LogP contribution in [-0.4, -0.2) is 50.9 Å². The summed E-state index contributed by atoms with van der Waals surface area (Å²) in [5, 5.41) is 42.6. The Hall–Kier alpha value is -3.19. The molecule has 0 spiro atoms. The van der Waals surface area contributed by atoms with Crippen LogP contribution in [0.1, 0.15) is 67.9 Å². The Balaban J connectivity index is 1.35. The van der Waals surface area contributed by atoms with E-state index in [1.807, 2.05) is 60.7 Å². The summed E-state index contributed by atoms with van der Waals surface area (Å²) in [5.41, 5.74) is 0.463. The van der Waals surface area contributed by atoms with Crippen LogP contribution in [0.4, 0.5) is 0 Å². The molecule has 6 nitrogen and oxygen atoms in total. The first-order valence-corrected chi connectivity index (χ1v) is 13.4. The lowest BCUT2D eigenvalue weighted by Crippen LogP contribution is -2.44. The molecular weight excluding hydrogens is 478 g/mol. The number of piperidine rings is 1. The number of benzene rings is 3. The van der Waals surface area contributed by atoms with Gasteiger partial charge in [-0.25, -0.2) is 0 Å². The monoisotopic (exact) mass is 517 g/mol. The number of aliphatic carboxylic acids is 1. The molecule has 0 radical (unpaired) electrons. The molecule has 1 fully saturated rings. The minimum Gasteiger partial charge on any atom is -0.508 e. The van der Waals surface area contributed by atoms with Crippen LogP contribution in [0.2, 0.25) is 0 Å². The van der Waals surface area contributed by atoms with E-state index in [1.165, 1.54) is 6.07 Å². The first-order chi connectivity index (χ1) is 18.1. The van der Waals surface area contributed by atoms with Crippen molar-refractivity contribution in [3.8, 4) is 5.75 Å². The lowest BCUT2D eigenvalue weighted by atomic mass is 9.72. The summed E-state index contributed by atoms with van der Waals surface area (Å²) in [6.45, 7) is 5.67. The van der Waals surface area contributed by atoms with E-state index in [-0.39, 0.29) is 11.7 Å². The predicted octanol–water partition coefficient (Wildman–Crippen LogP) is 5.22. The number of hydrogen-bond acceptors (Lipinski definition) is 5. The van der Waals surface area contributed by atoms with Gasteiger partial charge < -0.3 is 25.3 Å². The topological polar surface area (TPSA) is 101 Å². The van der Waals surface area contributed by atoms with E-state index in [0.29, 0.717) is 17.5 Å². The van der Waals surface area contributed by atoms with Gasteiger partial charge in [-0.3, -0.25) is 4.79 Å². The normalized spacial score (nSPS) is 16.3. The Morgan fingerprint density at radius 2 is 1.50 bits per heavy atom. The van der Waals surface area contributed by atoms with Crippen molar-refractivity contribution in [2.24, 2.45) is 5.92 Å². The van der Waals surface area contributed by atoms with E-state index in [4.69, 9.17) is 0 Å². The first-order valence-electron chi connectivity index (χ1n) is 13.4. The van der Waals surface area contributed by atoms with Crippen molar-refractivity contribution in [2.75, 3.05) is 19.6 Å². The van der Waals surface area contributed by atoms with Crippen molar-refractivity contribution >= 4 is 5.97 Å². The molecule has 0 aliphatic carbocycles. The molecule has 0 bridgehead atoms. The molecule has 0 amide bonds. The fourth-order valence-corrected chi connectivity index (χ4v) is 5.65. The Morgan fingerprint density at radius 1 is 0.947 bits per heavy atom. The average molecular weight is 518 g/mol. The highest BCUT2D eigenvalue weighted by Crippen LogP contribution is 2.42. The number of hydrogen-bond donors (Lipinski definition) is 4. The molecule has 4 N–H and O–H groups in total. The van der Waals surface area contributed by atoms with Crippen molar-refractivity contribution in [1.29, 1.82) is 0 Å². The Morgan fingerprint density at radius 3 is 2.03 bits per heavy atom. The van der Waals surface area contributed by atoms with Crippen LogP contribution in [0, 0.1) is 5.92 Å². The third kappa shape index (κ3) is 5.78. The van der Waals surface area contributed by atoms with Gasteiger partial charge in [0.05, 0.1) is 11.5 Å². The molecule has 3 aromatic rings. The molecule has 202 valence electrons. The molecule has 0 aromatic heterocycles. The predicted molar refractivity (Wildman–Crippen MR) is 148 cm³/mol. The lowest BCUT2D eigenvalue weighted by molar-refractivity contribution is -0.142. The van der Waals surface area contributed by atoms with Crippen LogP contribution in [0.3, 0.4) is 0 Å². The van der Waals surface area contributed by atoms with E-state index < -0.39 is 23.1 Å².